The number of aryl methyl sites for hydroxylation is 1. The molecule has 1 aromatic heterocycles. The van der Waals surface area contributed by atoms with Crippen LogP contribution in [0.15, 0.2) is 47.4 Å². The SMILES string of the molecule is CCCCCc1ccc(NC(=O)Cn2cc(C(F)(F)F)ccc2=O)cc1. The van der Waals surface area contributed by atoms with E-state index in [1.807, 2.05) is 12.1 Å². The van der Waals surface area contributed by atoms with Crippen LogP contribution in [0.25, 0.3) is 0 Å². The molecule has 1 amide bonds. The van der Waals surface area contributed by atoms with Crippen molar-refractivity contribution < 1.29 is 18.0 Å². The predicted octanol–water partition coefficient (Wildman–Crippen LogP) is 4.24. The monoisotopic (exact) mass is 366 g/mol. The van der Waals surface area contributed by atoms with Crippen LogP contribution in [0.1, 0.15) is 37.3 Å². The van der Waals surface area contributed by atoms with Gasteiger partial charge in [-0.05, 0) is 36.6 Å². The maximum atomic E-state index is 12.7. The van der Waals surface area contributed by atoms with Crippen LogP contribution in [0, 0.1) is 0 Å². The van der Waals surface area contributed by atoms with Gasteiger partial charge in [0.1, 0.15) is 6.54 Å². The lowest BCUT2D eigenvalue weighted by Gasteiger charge is -2.11. The highest BCUT2D eigenvalue weighted by atomic mass is 19.4. The summed E-state index contributed by atoms with van der Waals surface area (Å²) in [7, 11) is 0. The maximum absolute atomic E-state index is 12.7. The largest absolute Gasteiger partial charge is 0.417 e. The molecule has 4 nitrogen and oxygen atoms in total. The van der Waals surface area contributed by atoms with Gasteiger partial charge in [-0.3, -0.25) is 9.59 Å². The smallest absolute Gasteiger partial charge is 0.325 e. The molecule has 0 saturated carbocycles. The van der Waals surface area contributed by atoms with E-state index in [4.69, 9.17) is 0 Å². The van der Waals surface area contributed by atoms with Crippen molar-refractivity contribution in [2.24, 2.45) is 0 Å². The van der Waals surface area contributed by atoms with Gasteiger partial charge in [0.2, 0.25) is 5.91 Å². The summed E-state index contributed by atoms with van der Waals surface area (Å²) in [5.41, 5.74) is 0.0561. The van der Waals surface area contributed by atoms with Gasteiger partial charge in [-0.15, -0.1) is 0 Å². The Hall–Kier alpha value is -2.57. The lowest BCUT2D eigenvalue weighted by atomic mass is 10.1. The molecule has 0 spiro atoms. The molecule has 0 bridgehead atoms. The van der Waals surface area contributed by atoms with Crippen LogP contribution in [0.3, 0.4) is 0 Å². The first-order valence-corrected chi connectivity index (χ1v) is 8.46. The summed E-state index contributed by atoms with van der Waals surface area (Å²) in [5.74, 6) is -0.565. The average molecular weight is 366 g/mol. The van der Waals surface area contributed by atoms with Crippen molar-refractivity contribution in [1.29, 1.82) is 0 Å². The minimum Gasteiger partial charge on any atom is -0.325 e. The van der Waals surface area contributed by atoms with Crippen molar-refractivity contribution in [3.63, 3.8) is 0 Å². The Kier molecular flexibility index (Phi) is 6.60. The third-order valence-electron chi connectivity index (χ3n) is 3.93. The second-order valence-corrected chi connectivity index (χ2v) is 6.08. The van der Waals surface area contributed by atoms with Crippen molar-refractivity contribution >= 4 is 11.6 Å². The van der Waals surface area contributed by atoms with Gasteiger partial charge in [-0.25, -0.2) is 0 Å². The second-order valence-electron chi connectivity index (χ2n) is 6.08. The standard InChI is InChI=1S/C19H21F3N2O2/c1-2-3-4-5-14-6-9-16(10-7-14)23-17(25)13-24-12-15(19(20,21)22)8-11-18(24)26/h6-12H,2-5,13H2,1H3,(H,23,25). The summed E-state index contributed by atoms with van der Waals surface area (Å²) in [6.07, 6.45) is 0.438. The number of unbranched alkanes of at least 4 members (excludes halogenated alkanes) is 2. The number of pyridine rings is 1. The van der Waals surface area contributed by atoms with Gasteiger partial charge in [0.05, 0.1) is 5.56 Å². The molecule has 0 fully saturated rings. The lowest BCUT2D eigenvalue weighted by molar-refractivity contribution is -0.138. The second kappa shape index (κ2) is 8.69. The summed E-state index contributed by atoms with van der Waals surface area (Å²) in [5, 5.41) is 2.59. The topological polar surface area (TPSA) is 51.1 Å². The predicted molar refractivity (Wildman–Crippen MR) is 94.0 cm³/mol. The summed E-state index contributed by atoms with van der Waals surface area (Å²) in [6.45, 7) is 1.65. The lowest BCUT2D eigenvalue weighted by Crippen LogP contribution is -2.28. The van der Waals surface area contributed by atoms with E-state index in [1.54, 1.807) is 12.1 Å². The molecule has 7 heteroatoms. The summed E-state index contributed by atoms with van der Waals surface area (Å²) in [4.78, 5) is 23.7. The number of amides is 1. The Bertz CT molecular complexity index is 796. The minimum atomic E-state index is -4.57. The van der Waals surface area contributed by atoms with Gasteiger partial charge < -0.3 is 9.88 Å². The number of carbonyl (C=O) groups excluding carboxylic acids is 1. The fourth-order valence-corrected chi connectivity index (χ4v) is 2.51. The minimum absolute atomic E-state index is 0.485. The molecule has 0 aliphatic heterocycles. The number of anilines is 1. The zero-order chi connectivity index (χ0) is 19.2. The maximum Gasteiger partial charge on any atom is 0.417 e. The van der Waals surface area contributed by atoms with E-state index in [1.165, 1.54) is 0 Å². The number of benzene rings is 1. The van der Waals surface area contributed by atoms with E-state index >= 15 is 0 Å². The molecule has 2 rings (SSSR count). The summed E-state index contributed by atoms with van der Waals surface area (Å²) in [6, 6.07) is 8.81. The van der Waals surface area contributed by atoms with E-state index in [0.717, 1.165) is 41.9 Å². The van der Waals surface area contributed by atoms with E-state index < -0.39 is 29.8 Å². The van der Waals surface area contributed by atoms with Gasteiger partial charge in [-0.2, -0.15) is 13.2 Å². The van der Waals surface area contributed by atoms with Gasteiger partial charge in [0, 0.05) is 18.0 Å². The van der Waals surface area contributed by atoms with Crippen LogP contribution < -0.4 is 10.9 Å². The van der Waals surface area contributed by atoms with E-state index in [2.05, 4.69) is 12.2 Å². The molecule has 2 aromatic rings. The van der Waals surface area contributed by atoms with Gasteiger partial charge >= 0.3 is 6.18 Å². The number of rotatable bonds is 7. The van der Waals surface area contributed by atoms with E-state index in [9.17, 15) is 22.8 Å². The van der Waals surface area contributed by atoms with Crippen LogP contribution in [-0.2, 0) is 23.9 Å². The first-order chi connectivity index (χ1) is 12.3. The molecule has 0 aliphatic carbocycles. The van der Waals surface area contributed by atoms with Crippen LogP contribution in [-0.4, -0.2) is 10.5 Å². The fourth-order valence-electron chi connectivity index (χ4n) is 2.51. The van der Waals surface area contributed by atoms with Crippen molar-refractivity contribution in [1.82, 2.24) is 4.57 Å². The summed E-state index contributed by atoms with van der Waals surface area (Å²) >= 11 is 0. The van der Waals surface area contributed by atoms with Crippen LogP contribution in [0.2, 0.25) is 0 Å². The zero-order valence-electron chi connectivity index (χ0n) is 14.5. The number of nitrogens with zero attached hydrogens (tertiary/aromatic N) is 1. The van der Waals surface area contributed by atoms with E-state index in [-0.39, 0.29) is 0 Å². The third kappa shape index (κ3) is 5.75. The molecule has 0 atom stereocenters. The number of alkyl halides is 3. The molecule has 0 unspecified atom stereocenters. The number of hydrogen-bond acceptors (Lipinski definition) is 2. The highest BCUT2D eigenvalue weighted by molar-refractivity contribution is 5.90. The Morgan fingerprint density at radius 1 is 1.08 bits per heavy atom. The molecule has 1 heterocycles. The molecular formula is C19H21F3N2O2. The number of nitrogens with one attached hydrogen (secondary N) is 1. The third-order valence-corrected chi connectivity index (χ3v) is 3.93. The zero-order valence-corrected chi connectivity index (χ0v) is 14.5. The number of halogens is 3. The molecule has 0 radical (unpaired) electrons. The highest BCUT2D eigenvalue weighted by Gasteiger charge is 2.31. The Morgan fingerprint density at radius 3 is 2.38 bits per heavy atom. The average Bonchev–Trinajstić information content (AvgIpc) is 2.57. The molecule has 26 heavy (non-hydrogen) atoms. The van der Waals surface area contributed by atoms with Gasteiger partial charge in [0.15, 0.2) is 0 Å². The first-order valence-electron chi connectivity index (χ1n) is 8.46. The van der Waals surface area contributed by atoms with Crippen LogP contribution in [0.4, 0.5) is 18.9 Å². The fraction of sp³-hybridized carbons (Fsp3) is 0.368. The Balaban J connectivity index is 1.99. The number of carbonyl (C=O) groups is 1. The Labute approximate surface area is 149 Å². The Morgan fingerprint density at radius 2 is 1.77 bits per heavy atom. The number of aromatic nitrogens is 1. The molecular weight excluding hydrogens is 345 g/mol. The normalized spacial score (nSPS) is 11.4. The van der Waals surface area contributed by atoms with Crippen molar-refractivity contribution in [2.45, 2.75) is 45.3 Å². The van der Waals surface area contributed by atoms with Gasteiger partial charge in [-0.1, -0.05) is 31.9 Å². The van der Waals surface area contributed by atoms with Gasteiger partial charge in [0.25, 0.3) is 5.56 Å². The molecule has 0 saturated heterocycles. The number of hydrogen-bond donors (Lipinski definition) is 1. The van der Waals surface area contributed by atoms with Crippen molar-refractivity contribution in [3.05, 3.63) is 64.1 Å². The van der Waals surface area contributed by atoms with E-state index in [0.29, 0.717) is 18.0 Å². The summed E-state index contributed by atoms with van der Waals surface area (Å²) < 4.78 is 38.9. The molecule has 0 aliphatic rings. The highest BCUT2D eigenvalue weighted by Crippen LogP contribution is 2.28. The van der Waals surface area contributed by atoms with Crippen LogP contribution in [0.5, 0.6) is 0 Å². The quantitative estimate of drug-likeness (QED) is 0.745. The van der Waals surface area contributed by atoms with Crippen LogP contribution >= 0.6 is 0 Å². The van der Waals surface area contributed by atoms with Crippen molar-refractivity contribution in [3.8, 4) is 0 Å². The van der Waals surface area contributed by atoms with Crippen molar-refractivity contribution in [2.75, 3.05) is 5.32 Å². The molecule has 1 aromatic carbocycles. The molecule has 1 N–H and O–H groups in total. The molecule has 140 valence electrons. The first kappa shape index (κ1) is 19.8.